The van der Waals surface area contributed by atoms with Gasteiger partial charge in [0.15, 0.2) is 0 Å². The Balaban J connectivity index is 1.38. The van der Waals surface area contributed by atoms with Crippen LogP contribution in [0.1, 0.15) is 37.9 Å². The van der Waals surface area contributed by atoms with Crippen molar-refractivity contribution in [3.05, 3.63) is 66.7 Å². The van der Waals surface area contributed by atoms with E-state index < -0.39 is 0 Å². The fraction of sp³-hybridized carbons (Fsp3) is 0.360. The molecule has 1 aliphatic heterocycles. The Bertz CT molecular complexity index is 1050. The number of para-hydroxylation sites is 1. The molecule has 2 fully saturated rings. The number of pyridine rings is 1. The van der Waals surface area contributed by atoms with E-state index in [4.69, 9.17) is 9.97 Å². The number of nitrogens with zero attached hydrogens (tertiary/aromatic N) is 4. The summed E-state index contributed by atoms with van der Waals surface area (Å²) in [5.74, 6) is 3.03. The van der Waals surface area contributed by atoms with Gasteiger partial charge in [-0.05, 0) is 49.4 Å². The van der Waals surface area contributed by atoms with Crippen LogP contribution >= 0.6 is 0 Å². The summed E-state index contributed by atoms with van der Waals surface area (Å²) in [6.07, 6.45) is 6.41. The fourth-order valence-corrected chi connectivity index (χ4v) is 4.31. The molecule has 2 atom stereocenters. The summed E-state index contributed by atoms with van der Waals surface area (Å²) < 4.78 is 0. The summed E-state index contributed by atoms with van der Waals surface area (Å²) in [7, 11) is 0. The van der Waals surface area contributed by atoms with Gasteiger partial charge in [0.1, 0.15) is 11.6 Å². The van der Waals surface area contributed by atoms with Crippen LogP contribution in [0.25, 0.3) is 11.3 Å². The third-order valence-electron chi connectivity index (χ3n) is 6.36. The van der Waals surface area contributed by atoms with Crippen LogP contribution in [-0.2, 0) is 4.79 Å². The predicted molar refractivity (Wildman–Crippen MR) is 121 cm³/mol. The largest absolute Gasteiger partial charge is 0.342 e. The van der Waals surface area contributed by atoms with Gasteiger partial charge in [-0.2, -0.15) is 0 Å². The second-order valence-corrected chi connectivity index (χ2v) is 8.64. The summed E-state index contributed by atoms with van der Waals surface area (Å²) in [5.41, 5.74) is 2.90. The summed E-state index contributed by atoms with van der Waals surface area (Å²) in [6, 6.07) is 16.0. The lowest BCUT2D eigenvalue weighted by molar-refractivity contribution is -0.133. The number of amides is 1. The van der Waals surface area contributed by atoms with Crippen molar-refractivity contribution in [2.24, 2.45) is 11.8 Å². The molecule has 0 bridgehead atoms. The van der Waals surface area contributed by atoms with Gasteiger partial charge in [0.05, 0.1) is 5.69 Å². The number of aromatic nitrogens is 3. The molecule has 1 saturated carbocycles. The molecule has 5 rings (SSSR count). The van der Waals surface area contributed by atoms with Gasteiger partial charge in [-0.15, -0.1) is 0 Å². The van der Waals surface area contributed by atoms with E-state index >= 15 is 0 Å². The minimum Gasteiger partial charge on any atom is -0.342 e. The van der Waals surface area contributed by atoms with E-state index in [1.165, 1.54) is 0 Å². The van der Waals surface area contributed by atoms with Crippen LogP contribution in [0, 0.1) is 11.8 Å². The van der Waals surface area contributed by atoms with E-state index in [2.05, 4.69) is 17.2 Å². The zero-order chi connectivity index (χ0) is 21.2. The lowest BCUT2D eigenvalue weighted by Gasteiger charge is -2.31. The summed E-state index contributed by atoms with van der Waals surface area (Å²) in [6.45, 7) is 3.74. The Labute approximate surface area is 182 Å². The Morgan fingerprint density at radius 1 is 1.03 bits per heavy atom. The number of benzene rings is 1. The maximum absolute atomic E-state index is 12.6. The molecule has 1 amide bonds. The molecule has 158 valence electrons. The maximum atomic E-state index is 12.6. The topological polar surface area (TPSA) is 71.0 Å². The molecule has 31 heavy (non-hydrogen) atoms. The molecule has 1 aromatic carbocycles. The minimum absolute atomic E-state index is 0.249. The van der Waals surface area contributed by atoms with Crippen molar-refractivity contribution in [1.82, 2.24) is 19.9 Å². The average Bonchev–Trinajstić information content (AvgIpc) is 3.56. The lowest BCUT2D eigenvalue weighted by atomic mass is 9.95. The quantitative estimate of drug-likeness (QED) is 0.660. The standard InChI is InChI=1S/C25H27N5O/c1-17-15-21(17)25(31)30-13-9-19(10-14-30)24-28-22(18-7-11-26-12-8-18)16-23(29-24)27-20-5-3-2-4-6-20/h2-8,11-12,16-17,19,21H,9-10,13-15H2,1H3,(H,27,28,29)/t17-,21+/m0/s1. The van der Waals surface area contributed by atoms with Crippen LogP contribution in [0.3, 0.4) is 0 Å². The molecule has 2 aromatic heterocycles. The van der Waals surface area contributed by atoms with Crippen LogP contribution in [-0.4, -0.2) is 38.8 Å². The molecule has 1 saturated heterocycles. The highest BCUT2D eigenvalue weighted by molar-refractivity contribution is 5.81. The number of hydrogen-bond donors (Lipinski definition) is 1. The number of carbonyl (C=O) groups excluding carboxylic acids is 1. The highest BCUT2D eigenvalue weighted by atomic mass is 16.2. The Morgan fingerprint density at radius 2 is 1.74 bits per heavy atom. The Kier molecular flexibility index (Phi) is 5.37. The molecular formula is C25H27N5O. The highest BCUT2D eigenvalue weighted by Crippen LogP contribution is 2.40. The number of anilines is 2. The van der Waals surface area contributed by atoms with E-state index in [9.17, 15) is 4.79 Å². The van der Waals surface area contributed by atoms with Crippen LogP contribution in [0.15, 0.2) is 60.9 Å². The first-order valence-electron chi connectivity index (χ1n) is 11.1. The molecule has 0 unspecified atom stereocenters. The van der Waals surface area contributed by atoms with E-state index in [0.717, 1.165) is 60.9 Å². The summed E-state index contributed by atoms with van der Waals surface area (Å²) in [4.78, 5) is 28.5. The van der Waals surface area contributed by atoms with E-state index in [0.29, 0.717) is 11.8 Å². The molecule has 6 nitrogen and oxygen atoms in total. The van der Waals surface area contributed by atoms with E-state index in [1.807, 2.05) is 53.4 Å². The van der Waals surface area contributed by atoms with Gasteiger partial charge in [-0.25, -0.2) is 9.97 Å². The van der Waals surface area contributed by atoms with Crippen molar-refractivity contribution in [1.29, 1.82) is 0 Å². The molecule has 1 N–H and O–H groups in total. The second kappa shape index (κ2) is 8.46. The van der Waals surface area contributed by atoms with Gasteiger partial charge in [0, 0.05) is 54.6 Å². The van der Waals surface area contributed by atoms with Crippen molar-refractivity contribution < 1.29 is 4.79 Å². The average molecular weight is 414 g/mol. The fourth-order valence-electron chi connectivity index (χ4n) is 4.31. The van der Waals surface area contributed by atoms with Crippen molar-refractivity contribution >= 4 is 17.4 Å². The molecule has 2 aliphatic rings. The van der Waals surface area contributed by atoms with Crippen molar-refractivity contribution in [3.8, 4) is 11.3 Å². The highest BCUT2D eigenvalue weighted by Gasteiger charge is 2.42. The number of piperidine rings is 1. The maximum Gasteiger partial charge on any atom is 0.225 e. The first kappa shape index (κ1) is 19.7. The van der Waals surface area contributed by atoms with E-state index in [1.54, 1.807) is 12.4 Å². The number of rotatable bonds is 5. The van der Waals surface area contributed by atoms with Crippen molar-refractivity contribution in [2.45, 2.75) is 32.1 Å². The van der Waals surface area contributed by atoms with Crippen LogP contribution < -0.4 is 5.32 Å². The van der Waals surface area contributed by atoms with Gasteiger partial charge >= 0.3 is 0 Å². The molecule has 0 spiro atoms. The first-order valence-corrected chi connectivity index (χ1v) is 11.1. The molecule has 3 heterocycles. The van der Waals surface area contributed by atoms with Gasteiger partial charge in [0.25, 0.3) is 0 Å². The van der Waals surface area contributed by atoms with Gasteiger partial charge in [-0.1, -0.05) is 25.1 Å². The van der Waals surface area contributed by atoms with E-state index in [-0.39, 0.29) is 11.8 Å². The SMILES string of the molecule is C[C@H]1C[C@H]1C(=O)N1CCC(c2nc(Nc3ccccc3)cc(-c3ccncc3)n2)CC1. The van der Waals surface area contributed by atoms with Gasteiger partial charge in [0.2, 0.25) is 5.91 Å². The zero-order valence-electron chi connectivity index (χ0n) is 17.7. The number of nitrogens with one attached hydrogen (secondary N) is 1. The third kappa shape index (κ3) is 4.43. The Morgan fingerprint density at radius 3 is 2.42 bits per heavy atom. The number of hydrogen-bond acceptors (Lipinski definition) is 5. The predicted octanol–water partition coefficient (Wildman–Crippen LogP) is 4.64. The van der Waals surface area contributed by atoms with Crippen LogP contribution in [0.5, 0.6) is 0 Å². The van der Waals surface area contributed by atoms with Crippen LogP contribution in [0.4, 0.5) is 11.5 Å². The molecule has 1 aliphatic carbocycles. The second-order valence-electron chi connectivity index (χ2n) is 8.64. The third-order valence-corrected chi connectivity index (χ3v) is 6.36. The zero-order valence-corrected chi connectivity index (χ0v) is 17.7. The lowest BCUT2D eigenvalue weighted by Crippen LogP contribution is -2.39. The molecule has 0 radical (unpaired) electrons. The molecule has 3 aromatic rings. The smallest absolute Gasteiger partial charge is 0.225 e. The number of likely N-dealkylation sites (tertiary alicyclic amines) is 1. The Hall–Kier alpha value is -3.28. The monoisotopic (exact) mass is 413 g/mol. The van der Waals surface area contributed by atoms with Crippen molar-refractivity contribution in [3.63, 3.8) is 0 Å². The minimum atomic E-state index is 0.249. The van der Waals surface area contributed by atoms with Crippen LogP contribution in [0.2, 0.25) is 0 Å². The molecule has 6 heteroatoms. The normalized spacial score (nSPS) is 21.0. The molecular weight excluding hydrogens is 386 g/mol. The number of carbonyl (C=O) groups is 1. The summed E-state index contributed by atoms with van der Waals surface area (Å²) >= 11 is 0. The first-order chi connectivity index (χ1) is 15.2. The van der Waals surface area contributed by atoms with Gasteiger partial charge < -0.3 is 10.2 Å². The van der Waals surface area contributed by atoms with Gasteiger partial charge in [-0.3, -0.25) is 9.78 Å². The van der Waals surface area contributed by atoms with Crippen molar-refractivity contribution in [2.75, 3.05) is 18.4 Å². The summed E-state index contributed by atoms with van der Waals surface area (Å²) in [5, 5.41) is 3.42.